The molecule has 1 unspecified atom stereocenters. The van der Waals surface area contributed by atoms with Gasteiger partial charge >= 0.3 is 0 Å². The van der Waals surface area contributed by atoms with Gasteiger partial charge in [-0.2, -0.15) is 0 Å². The maximum absolute atomic E-state index is 13.2. The number of hydrogen-bond donors (Lipinski definition) is 3. The summed E-state index contributed by atoms with van der Waals surface area (Å²) in [7, 11) is 0. The number of amides is 3. The second-order valence-corrected chi connectivity index (χ2v) is 15.7. The van der Waals surface area contributed by atoms with Crippen LogP contribution < -0.4 is 15.5 Å². The first-order valence-electron chi connectivity index (χ1n) is 20.0. The quantitative estimate of drug-likeness (QED) is 0.155. The molecule has 4 aliphatic heterocycles. The molecule has 6 heterocycles. The van der Waals surface area contributed by atoms with Gasteiger partial charge in [-0.1, -0.05) is 60.7 Å². The molecule has 0 bridgehead atoms. The first kappa shape index (κ1) is 36.6. The fourth-order valence-corrected chi connectivity index (χ4v) is 8.80. The van der Waals surface area contributed by atoms with Crippen molar-refractivity contribution in [2.75, 3.05) is 36.4 Å². The Kier molecular flexibility index (Phi) is 9.97. The zero-order valence-corrected chi connectivity index (χ0v) is 31.8. The van der Waals surface area contributed by atoms with E-state index in [1.54, 1.807) is 17.2 Å². The van der Waals surface area contributed by atoms with Gasteiger partial charge in [-0.3, -0.25) is 24.6 Å². The summed E-state index contributed by atoms with van der Waals surface area (Å²) in [6.07, 6.45) is 7.60. The lowest BCUT2D eigenvalue weighted by molar-refractivity contribution is -0.136. The number of carbonyl (C=O) groups is 3. The van der Waals surface area contributed by atoms with Crippen LogP contribution in [0.15, 0.2) is 103 Å². The summed E-state index contributed by atoms with van der Waals surface area (Å²) in [5, 5.41) is 17.4. The van der Waals surface area contributed by atoms with E-state index in [-0.39, 0.29) is 18.2 Å². The van der Waals surface area contributed by atoms with Crippen LogP contribution in [-0.4, -0.2) is 79.8 Å². The van der Waals surface area contributed by atoms with Gasteiger partial charge in [-0.05, 0) is 90.6 Å². The number of carbonyl (C=O) groups excluding carboxylic acids is 3. The van der Waals surface area contributed by atoms with Crippen LogP contribution in [0.5, 0.6) is 0 Å². The van der Waals surface area contributed by atoms with Gasteiger partial charge in [0.25, 0.3) is 5.91 Å². The highest BCUT2D eigenvalue weighted by atomic mass is 16.3. The van der Waals surface area contributed by atoms with Crippen molar-refractivity contribution in [2.45, 2.75) is 69.2 Å². The molecule has 3 saturated heterocycles. The molecule has 5 aromatic rings. The smallest absolute Gasteiger partial charge is 0.255 e. The molecule has 57 heavy (non-hydrogen) atoms. The highest BCUT2D eigenvalue weighted by Crippen LogP contribution is 2.37. The number of benzene rings is 3. The summed E-state index contributed by atoms with van der Waals surface area (Å²) in [5.74, 6) is 0.788. The van der Waals surface area contributed by atoms with Gasteiger partial charge in [0, 0.05) is 74.9 Å². The van der Waals surface area contributed by atoms with Crippen molar-refractivity contribution in [1.29, 1.82) is 0 Å². The number of hydrogen-bond acceptors (Lipinski definition) is 10. The van der Waals surface area contributed by atoms with Crippen molar-refractivity contribution in [1.82, 2.24) is 30.1 Å². The Morgan fingerprint density at radius 1 is 0.842 bits per heavy atom. The second-order valence-electron chi connectivity index (χ2n) is 15.7. The number of anilines is 3. The number of piperidine rings is 3. The third-order valence-corrected chi connectivity index (χ3v) is 12.2. The number of pyridine rings is 1. The third-order valence-electron chi connectivity index (χ3n) is 12.2. The van der Waals surface area contributed by atoms with Crippen molar-refractivity contribution in [3.63, 3.8) is 0 Å². The first-order valence-corrected chi connectivity index (χ1v) is 20.0. The molecule has 290 valence electrons. The number of nitrogens with zero attached hydrogens (tertiary/aromatic N) is 6. The average molecular weight is 763 g/mol. The highest BCUT2D eigenvalue weighted by Gasteiger charge is 2.41. The summed E-state index contributed by atoms with van der Waals surface area (Å²) in [6, 6.07) is 30.0. The number of likely N-dealkylation sites (tertiary alicyclic amines) is 1. The van der Waals surface area contributed by atoms with Crippen molar-refractivity contribution < 1.29 is 19.5 Å². The van der Waals surface area contributed by atoms with E-state index in [9.17, 15) is 19.5 Å². The molecule has 0 spiro atoms. The Labute approximate surface area is 332 Å². The minimum atomic E-state index is -0.980. The van der Waals surface area contributed by atoms with Gasteiger partial charge < -0.3 is 20.2 Å². The standard InChI is InChI=1S/C45H46N8O4/c54-41-15-13-39(42(55)50-41)53-29-34-26-35(9-12-37(34)43(53)56)45(57)19-24-51(25-20-45)28-30-6-10-36(11-7-30)52-22-17-31(18-23-52)33-8-14-40(47-27-33)49-44-46-21-16-38(48-44)32-4-2-1-3-5-32/h1-12,14,16,21,26-27,31,39,57H,13,15,17-20,22-25,28-29H2,(H,50,54,55)(H,46,47,48,49). The Morgan fingerprint density at radius 2 is 1.63 bits per heavy atom. The number of nitrogens with one attached hydrogen (secondary N) is 2. The molecular weight excluding hydrogens is 717 g/mol. The molecule has 0 radical (unpaired) electrons. The zero-order chi connectivity index (χ0) is 38.9. The van der Waals surface area contributed by atoms with Crippen molar-refractivity contribution in [3.05, 3.63) is 131 Å². The normalized spacial score (nSPS) is 20.0. The van der Waals surface area contributed by atoms with Crippen molar-refractivity contribution in [3.8, 4) is 11.3 Å². The highest BCUT2D eigenvalue weighted by molar-refractivity contribution is 6.05. The number of aromatic nitrogens is 3. The Balaban J connectivity index is 0.742. The van der Waals surface area contributed by atoms with E-state index in [1.807, 2.05) is 60.8 Å². The Bertz CT molecular complexity index is 2270. The van der Waals surface area contributed by atoms with Crippen LogP contribution in [0, 0.1) is 0 Å². The van der Waals surface area contributed by atoms with Crippen LogP contribution >= 0.6 is 0 Å². The first-order chi connectivity index (χ1) is 27.8. The monoisotopic (exact) mass is 762 g/mol. The van der Waals surface area contributed by atoms with Crippen LogP contribution in [0.4, 0.5) is 17.5 Å². The van der Waals surface area contributed by atoms with E-state index in [0.29, 0.717) is 43.2 Å². The molecule has 4 aliphatic rings. The van der Waals surface area contributed by atoms with E-state index in [1.165, 1.54) is 16.8 Å². The molecule has 3 aromatic carbocycles. The molecular formula is C45H46N8O4. The van der Waals surface area contributed by atoms with Crippen LogP contribution in [0.2, 0.25) is 0 Å². The number of fused-ring (bicyclic) bond motifs is 1. The predicted molar refractivity (Wildman–Crippen MR) is 217 cm³/mol. The van der Waals surface area contributed by atoms with Crippen LogP contribution in [-0.2, 0) is 28.3 Å². The largest absolute Gasteiger partial charge is 0.385 e. The van der Waals surface area contributed by atoms with Gasteiger partial charge in [-0.15, -0.1) is 0 Å². The number of imide groups is 1. The molecule has 3 fully saturated rings. The van der Waals surface area contributed by atoms with Gasteiger partial charge in [-0.25, -0.2) is 15.0 Å². The maximum atomic E-state index is 13.2. The molecule has 1 atom stereocenters. The topological polar surface area (TPSA) is 144 Å². The van der Waals surface area contributed by atoms with E-state index in [0.717, 1.165) is 73.8 Å². The molecule has 2 aromatic heterocycles. The van der Waals surface area contributed by atoms with Crippen LogP contribution in [0.3, 0.4) is 0 Å². The van der Waals surface area contributed by atoms with E-state index in [4.69, 9.17) is 4.98 Å². The lowest BCUT2D eigenvalue weighted by atomic mass is 9.83. The lowest BCUT2D eigenvalue weighted by Gasteiger charge is -2.39. The van der Waals surface area contributed by atoms with Crippen molar-refractivity contribution >= 4 is 35.2 Å². The molecule has 12 nitrogen and oxygen atoms in total. The lowest BCUT2D eigenvalue weighted by Crippen LogP contribution is -2.52. The molecule has 0 saturated carbocycles. The molecule has 9 rings (SSSR count). The third kappa shape index (κ3) is 7.75. The van der Waals surface area contributed by atoms with Gasteiger partial charge in [0.2, 0.25) is 17.8 Å². The van der Waals surface area contributed by atoms with Crippen molar-refractivity contribution in [2.24, 2.45) is 0 Å². The fraction of sp³-hybridized carbons (Fsp3) is 0.333. The van der Waals surface area contributed by atoms with Crippen LogP contribution in [0.25, 0.3) is 11.3 Å². The second kappa shape index (κ2) is 15.5. The average Bonchev–Trinajstić information content (AvgIpc) is 3.57. The van der Waals surface area contributed by atoms with Crippen LogP contribution in [0.1, 0.15) is 77.1 Å². The fourth-order valence-electron chi connectivity index (χ4n) is 8.80. The van der Waals surface area contributed by atoms with Gasteiger partial charge in [0.15, 0.2) is 0 Å². The molecule has 0 aliphatic carbocycles. The number of aliphatic hydroxyl groups is 1. The molecule has 3 N–H and O–H groups in total. The minimum absolute atomic E-state index is 0.200. The summed E-state index contributed by atoms with van der Waals surface area (Å²) in [6.45, 7) is 4.61. The summed E-state index contributed by atoms with van der Waals surface area (Å²) < 4.78 is 0. The summed E-state index contributed by atoms with van der Waals surface area (Å²) in [5.41, 5.74) is 6.87. The molecule has 3 amide bonds. The predicted octanol–water partition coefficient (Wildman–Crippen LogP) is 5.91. The SMILES string of the molecule is O=C1CCC(N2Cc3cc(C4(O)CCN(Cc5ccc(N6CCC(c7ccc(Nc8nccc(-c9ccccc9)n8)nc7)CC6)cc5)CC4)ccc3C2=O)C(=O)N1. The minimum Gasteiger partial charge on any atom is -0.385 e. The summed E-state index contributed by atoms with van der Waals surface area (Å²) >= 11 is 0. The molecule has 12 heteroatoms. The number of rotatable bonds is 9. The zero-order valence-electron chi connectivity index (χ0n) is 31.8. The van der Waals surface area contributed by atoms with E-state index >= 15 is 0 Å². The van der Waals surface area contributed by atoms with E-state index in [2.05, 4.69) is 60.7 Å². The Hall–Kier alpha value is -5.98. The van der Waals surface area contributed by atoms with Gasteiger partial charge in [0.1, 0.15) is 11.9 Å². The maximum Gasteiger partial charge on any atom is 0.255 e. The summed E-state index contributed by atoms with van der Waals surface area (Å²) in [4.78, 5) is 57.4. The van der Waals surface area contributed by atoms with E-state index < -0.39 is 17.6 Å². The van der Waals surface area contributed by atoms with Gasteiger partial charge in [0.05, 0.1) is 11.3 Å². The Morgan fingerprint density at radius 3 is 2.37 bits per heavy atom.